The maximum Gasteiger partial charge on any atom is 0.243 e. The number of aliphatic hydroxyl groups is 1. The molecule has 0 bridgehead atoms. The van der Waals surface area contributed by atoms with Crippen LogP contribution < -0.4 is 10.5 Å². The van der Waals surface area contributed by atoms with E-state index in [-0.39, 0.29) is 13.2 Å². The highest BCUT2D eigenvalue weighted by Gasteiger charge is 2.25. The van der Waals surface area contributed by atoms with Crippen LogP contribution >= 0.6 is 0 Å². The molecule has 0 fully saturated rings. The standard InChI is InChI=1S/C11H16F2N2O3S/c1-11(2,6-16)5-15-19(17,18)8-4-3-7(12)10(14)9(8)13/h3-4,15-16H,5-6,14H2,1-2H3. The molecule has 108 valence electrons. The van der Waals surface area contributed by atoms with Crippen LogP contribution in [0.3, 0.4) is 0 Å². The van der Waals surface area contributed by atoms with Gasteiger partial charge in [0, 0.05) is 18.6 Å². The maximum atomic E-state index is 13.6. The van der Waals surface area contributed by atoms with Gasteiger partial charge in [0.15, 0.2) is 5.82 Å². The second-order valence-electron chi connectivity index (χ2n) is 4.92. The van der Waals surface area contributed by atoms with Gasteiger partial charge in [-0.15, -0.1) is 0 Å². The van der Waals surface area contributed by atoms with E-state index in [0.29, 0.717) is 0 Å². The lowest BCUT2D eigenvalue weighted by Crippen LogP contribution is -2.36. The molecule has 0 radical (unpaired) electrons. The minimum Gasteiger partial charge on any atom is -0.396 e. The molecule has 19 heavy (non-hydrogen) atoms. The third kappa shape index (κ3) is 3.62. The second-order valence-corrected chi connectivity index (χ2v) is 6.66. The molecule has 0 unspecified atom stereocenters. The molecular formula is C11H16F2N2O3S. The summed E-state index contributed by atoms with van der Waals surface area (Å²) in [4.78, 5) is -0.722. The predicted molar refractivity (Wildman–Crippen MR) is 66.8 cm³/mol. The Bertz CT molecular complexity index is 574. The molecule has 0 aliphatic carbocycles. The van der Waals surface area contributed by atoms with Crippen molar-refractivity contribution in [2.45, 2.75) is 18.7 Å². The fourth-order valence-electron chi connectivity index (χ4n) is 1.18. The maximum absolute atomic E-state index is 13.6. The van der Waals surface area contributed by atoms with Crippen LogP contribution in [0.5, 0.6) is 0 Å². The van der Waals surface area contributed by atoms with Gasteiger partial charge in [-0.3, -0.25) is 0 Å². The van der Waals surface area contributed by atoms with E-state index in [2.05, 4.69) is 4.72 Å². The van der Waals surface area contributed by atoms with Crippen LogP contribution in [0.2, 0.25) is 0 Å². The Morgan fingerprint density at radius 3 is 2.47 bits per heavy atom. The Morgan fingerprint density at radius 2 is 1.95 bits per heavy atom. The van der Waals surface area contributed by atoms with Crippen molar-refractivity contribution in [1.82, 2.24) is 4.72 Å². The van der Waals surface area contributed by atoms with Crippen LogP contribution in [0.25, 0.3) is 0 Å². The Balaban J connectivity index is 3.06. The van der Waals surface area contributed by atoms with Crippen molar-refractivity contribution in [1.29, 1.82) is 0 Å². The first-order valence-electron chi connectivity index (χ1n) is 5.45. The molecule has 1 rings (SSSR count). The molecule has 1 aromatic carbocycles. The number of sulfonamides is 1. The number of nitrogen functional groups attached to an aromatic ring is 1. The molecule has 8 heteroatoms. The predicted octanol–water partition coefficient (Wildman–Crippen LogP) is 0.844. The van der Waals surface area contributed by atoms with E-state index in [9.17, 15) is 17.2 Å². The molecule has 0 heterocycles. The summed E-state index contributed by atoms with van der Waals surface area (Å²) in [7, 11) is -4.16. The van der Waals surface area contributed by atoms with E-state index in [0.717, 1.165) is 12.1 Å². The number of nitrogens with one attached hydrogen (secondary N) is 1. The Hall–Kier alpha value is -1.25. The molecular weight excluding hydrogens is 278 g/mol. The average Bonchev–Trinajstić information content (AvgIpc) is 2.34. The van der Waals surface area contributed by atoms with Crippen molar-refractivity contribution in [3.63, 3.8) is 0 Å². The van der Waals surface area contributed by atoms with Gasteiger partial charge in [0.25, 0.3) is 0 Å². The van der Waals surface area contributed by atoms with Gasteiger partial charge in [0.2, 0.25) is 10.0 Å². The van der Waals surface area contributed by atoms with E-state index < -0.39 is 37.7 Å². The smallest absolute Gasteiger partial charge is 0.243 e. The first-order valence-corrected chi connectivity index (χ1v) is 6.93. The number of rotatable bonds is 5. The fraction of sp³-hybridized carbons (Fsp3) is 0.455. The zero-order valence-electron chi connectivity index (χ0n) is 10.6. The average molecular weight is 294 g/mol. The first-order chi connectivity index (χ1) is 8.60. The number of hydrogen-bond acceptors (Lipinski definition) is 4. The monoisotopic (exact) mass is 294 g/mol. The molecule has 1 aromatic rings. The number of aliphatic hydroxyl groups excluding tert-OH is 1. The molecule has 0 atom stereocenters. The zero-order chi connectivity index (χ0) is 14.8. The second kappa shape index (κ2) is 5.40. The summed E-state index contributed by atoms with van der Waals surface area (Å²) in [5.74, 6) is -2.35. The number of hydrogen-bond donors (Lipinski definition) is 3. The molecule has 4 N–H and O–H groups in total. The molecule has 0 saturated heterocycles. The highest BCUT2D eigenvalue weighted by Crippen LogP contribution is 2.23. The minimum absolute atomic E-state index is 0.0947. The van der Waals surface area contributed by atoms with Gasteiger partial charge >= 0.3 is 0 Å². The molecule has 0 amide bonds. The van der Waals surface area contributed by atoms with Gasteiger partial charge < -0.3 is 10.8 Å². The topological polar surface area (TPSA) is 92.4 Å². The van der Waals surface area contributed by atoms with E-state index >= 15 is 0 Å². The van der Waals surface area contributed by atoms with E-state index in [4.69, 9.17) is 10.8 Å². The quantitative estimate of drug-likeness (QED) is 0.702. The lowest BCUT2D eigenvalue weighted by molar-refractivity contribution is 0.163. The summed E-state index contributed by atoms with van der Waals surface area (Å²) in [5, 5.41) is 9.02. The Morgan fingerprint density at radius 1 is 1.37 bits per heavy atom. The summed E-state index contributed by atoms with van der Waals surface area (Å²) in [5.41, 5.74) is 3.56. The summed E-state index contributed by atoms with van der Waals surface area (Å²) in [6, 6.07) is 1.58. The van der Waals surface area contributed by atoms with Crippen molar-refractivity contribution < 1.29 is 22.3 Å². The highest BCUT2D eigenvalue weighted by molar-refractivity contribution is 7.89. The molecule has 0 spiro atoms. The van der Waals surface area contributed by atoms with E-state index in [1.165, 1.54) is 0 Å². The first kappa shape index (κ1) is 15.8. The third-order valence-electron chi connectivity index (χ3n) is 2.55. The fourth-order valence-corrected chi connectivity index (χ4v) is 2.51. The molecule has 0 saturated carbocycles. The van der Waals surface area contributed by atoms with Gasteiger partial charge in [0.1, 0.15) is 16.4 Å². The summed E-state index contributed by atoms with van der Waals surface area (Å²) >= 11 is 0. The normalized spacial score (nSPS) is 12.7. The number of nitrogens with two attached hydrogens (primary N) is 1. The van der Waals surface area contributed by atoms with Crippen LogP contribution in [-0.2, 0) is 10.0 Å². The zero-order valence-corrected chi connectivity index (χ0v) is 11.4. The number of anilines is 1. The highest BCUT2D eigenvalue weighted by atomic mass is 32.2. The van der Waals surface area contributed by atoms with Crippen LogP contribution in [0.1, 0.15) is 13.8 Å². The van der Waals surface area contributed by atoms with Crippen molar-refractivity contribution in [2.24, 2.45) is 5.41 Å². The van der Waals surface area contributed by atoms with Crippen molar-refractivity contribution in [2.75, 3.05) is 18.9 Å². The van der Waals surface area contributed by atoms with Crippen LogP contribution in [0.15, 0.2) is 17.0 Å². The van der Waals surface area contributed by atoms with Crippen LogP contribution in [-0.4, -0.2) is 26.7 Å². The van der Waals surface area contributed by atoms with Crippen molar-refractivity contribution in [3.05, 3.63) is 23.8 Å². The molecule has 5 nitrogen and oxygen atoms in total. The van der Waals surface area contributed by atoms with Gasteiger partial charge in [0.05, 0.1) is 0 Å². The summed E-state index contributed by atoms with van der Waals surface area (Å²) in [6.07, 6.45) is 0. The van der Waals surface area contributed by atoms with Crippen LogP contribution in [0.4, 0.5) is 14.5 Å². The van der Waals surface area contributed by atoms with Crippen molar-refractivity contribution in [3.8, 4) is 0 Å². The molecule has 0 aliphatic rings. The van der Waals surface area contributed by atoms with E-state index in [1.807, 2.05) is 0 Å². The molecule has 0 aromatic heterocycles. The van der Waals surface area contributed by atoms with Crippen LogP contribution in [0, 0.1) is 17.0 Å². The van der Waals surface area contributed by atoms with Gasteiger partial charge in [-0.25, -0.2) is 21.9 Å². The lowest BCUT2D eigenvalue weighted by atomic mass is 9.96. The minimum atomic E-state index is -4.16. The summed E-state index contributed by atoms with van der Waals surface area (Å²) in [6.45, 7) is 2.92. The SMILES string of the molecule is CC(C)(CO)CNS(=O)(=O)c1ccc(F)c(N)c1F. The largest absolute Gasteiger partial charge is 0.396 e. The summed E-state index contributed by atoms with van der Waals surface area (Å²) < 4.78 is 52.5. The lowest BCUT2D eigenvalue weighted by Gasteiger charge is -2.21. The Kier molecular flexibility index (Phi) is 4.49. The van der Waals surface area contributed by atoms with Gasteiger partial charge in [-0.1, -0.05) is 13.8 Å². The third-order valence-corrected chi connectivity index (χ3v) is 3.97. The molecule has 0 aliphatic heterocycles. The van der Waals surface area contributed by atoms with E-state index in [1.54, 1.807) is 13.8 Å². The number of halogens is 2. The van der Waals surface area contributed by atoms with Gasteiger partial charge in [-0.2, -0.15) is 0 Å². The van der Waals surface area contributed by atoms with Gasteiger partial charge in [-0.05, 0) is 12.1 Å². The number of benzene rings is 1. The Labute approximate surface area is 110 Å². The van der Waals surface area contributed by atoms with Crippen molar-refractivity contribution >= 4 is 15.7 Å².